The van der Waals surface area contributed by atoms with E-state index in [1.807, 2.05) is 43.5 Å². The van der Waals surface area contributed by atoms with Gasteiger partial charge in [0.05, 0.1) is 10.6 Å². The number of halogens is 1. The zero-order chi connectivity index (χ0) is 31.0. The van der Waals surface area contributed by atoms with Crippen molar-refractivity contribution >= 4 is 50.9 Å². The van der Waals surface area contributed by atoms with Gasteiger partial charge in [0.1, 0.15) is 12.6 Å². The first-order chi connectivity index (χ1) is 20.6. The van der Waals surface area contributed by atoms with Crippen LogP contribution in [0.1, 0.15) is 16.7 Å². The highest BCUT2D eigenvalue weighted by atomic mass is 35.5. The highest BCUT2D eigenvalue weighted by Gasteiger charge is 2.34. The lowest BCUT2D eigenvalue weighted by atomic mass is 10.0. The van der Waals surface area contributed by atoms with Crippen LogP contribution < -0.4 is 9.62 Å². The SMILES string of the molecule is CNC(=O)[C@@H](Cc1ccccc1)N(Cc1ccc(Cl)cc1)C(=O)CN(c1ccc(C)cc1)S(=O)(=O)c1ccc(SC)cc1. The van der Waals surface area contributed by atoms with Crippen LogP contribution in [0.2, 0.25) is 5.02 Å². The summed E-state index contributed by atoms with van der Waals surface area (Å²) < 4.78 is 29.3. The third kappa shape index (κ3) is 8.19. The minimum Gasteiger partial charge on any atom is -0.357 e. The molecule has 0 aromatic heterocycles. The van der Waals surface area contributed by atoms with Crippen molar-refractivity contribution in [3.05, 3.63) is 125 Å². The van der Waals surface area contributed by atoms with Crippen molar-refractivity contribution in [2.75, 3.05) is 24.2 Å². The van der Waals surface area contributed by atoms with Crippen LogP contribution in [0.4, 0.5) is 5.69 Å². The van der Waals surface area contributed by atoms with Crippen LogP contribution in [0.15, 0.2) is 113 Å². The summed E-state index contributed by atoms with van der Waals surface area (Å²) in [4.78, 5) is 30.1. The van der Waals surface area contributed by atoms with E-state index >= 15 is 0 Å². The van der Waals surface area contributed by atoms with Crippen molar-refractivity contribution < 1.29 is 18.0 Å². The monoisotopic (exact) mass is 635 g/mol. The number of aryl methyl sites for hydroxylation is 1. The molecular weight excluding hydrogens is 602 g/mol. The number of carbonyl (C=O) groups is 2. The van der Waals surface area contributed by atoms with Crippen molar-refractivity contribution in [1.82, 2.24) is 10.2 Å². The Kier molecular flexibility index (Phi) is 10.9. The van der Waals surface area contributed by atoms with E-state index in [0.717, 1.165) is 25.9 Å². The van der Waals surface area contributed by atoms with Crippen molar-refractivity contribution in [3.8, 4) is 0 Å². The maximum atomic E-state index is 14.3. The van der Waals surface area contributed by atoms with Crippen LogP contribution in [0.5, 0.6) is 0 Å². The predicted molar refractivity (Wildman–Crippen MR) is 174 cm³/mol. The maximum Gasteiger partial charge on any atom is 0.264 e. The number of rotatable bonds is 12. The number of hydrogen-bond donors (Lipinski definition) is 1. The molecule has 10 heteroatoms. The van der Waals surface area contributed by atoms with Crippen LogP contribution in [0.25, 0.3) is 0 Å². The summed E-state index contributed by atoms with van der Waals surface area (Å²) in [7, 11) is -2.63. The molecule has 7 nitrogen and oxygen atoms in total. The molecule has 4 rings (SSSR count). The van der Waals surface area contributed by atoms with Crippen LogP contribution in [-0.4, -0.2) is 51.0 Å². The summed E-state index contributed by atoms with van der Waals surface area (Å²) in [5.74, 6) is -0.882. The molecule has 0 unspecified atom stereocenters. The molecule has 224 valence electrons. The molecule has 0 saturated heterocycles. The molecule has 0 radical (unpaired) electrons. The molecule has 0 saturated carbocycles. The maximum absolute atomic E-state index is 14.3. The van der Waals surface area contributed by atoms with Gasteiger partial charge >= 0.3 is 0 Å². The fourth-order valence-corrected chi connectivity index (χ4v) is 6.57. The number of sulfonamides is 1. The number of hydrogen-bond acceptors (Lipinski definition) is 5. The second kappa shape index (κ2) is 14.6. The Hall–Kier alpha value is -3.79. The Morgan fingerprint density at radius 3 is 2.07 bits per heavy atom. The van der Waals surface area contributed by atoms with E-state index in [1.54, 1.807) is 72.8 Å². The molecule has 0 aliphatic heterocycles. The molecule has 0 aliphatic carbocycles. The Balaban J connectivity index is 1.77. The second-order valence-electron chi connectivity index (χ2n) is 9.99. The normalized spacial score (nSPS) is 11.9. The summed E-state index contributed by atoms with van der Waals surface area (Å²) in [6, 6.07) is 29.0. The van der Waals surface area contributed by atoms with Gasteiger partial charge in [0.25, 0.3) is 10.0 Å². The van der Waals surface area contributed by atoms with E-state index in [-0.39, 0.29) is 23.8 Å². The standard InChI is InChI=1S/C33H34ClN3O4S2/c1-24-9-15-28(16-10-24)37(43(40,41)30-19-17-29(42-3)18-20-30)23-32(38)36(22-26-11-13-27(34)14-12-26)31(33(39)35-2)21-25-7-5-4-6-8-25/h4-20,31H,21-23H2,1-3H3,(H,35,39)/t31-/m1/s1. The summed E-state index contributed by atoms with van der Waals surface area (Å²) in [6.45, 7) is 1.47. The molecule has 0 heterocycles. The van der Waals surface area contributed by atoms with Crippen LogP contribution in [0, 0.1) is 6.92 Å². The fraction of sp³-hybridized carbons (Fsp3) is 0.212. The minimum absolute atomic E-state index is 0.0649. The molecular formula is C33H34ClN3O4S2. The summed E-state index contributed by atoms with van der Waals surface area (Å²) >= 11 is 7.61. The molecule has 0 bridgehead atoms. The summed E-state index contributed by atoms with van der Waals surface area (Å²) in [5.41, 5.74) is 2.90. The van der Waals surface area contributed by atoms with Gasteiger partial charge in [-0.1, -0.05) is 71.8 Å². The minimum atomic E-state index is -4.15. The van der Waals surface area contributed by atoms with Gasteiger partial charge in [-0.2, -0.15) is 0 Å². The lowest BCUT2D eigenvalue weighted by molar-refractivity contribution is -0.139. The average molecular weight is 636 g/mol. The van der Waals surface area contributed by atoms with Crippen molar-refractivity contribution in [2.24, 2.45) is 0 Å². The van der Waals surface area contributed by atoms with Crippen molar-refractivity contribution in [3.63, 3.8) is 0 Å². The Bertz CT molecular complexity index is 1630. The predicted octanol–water partition coefficient (Wildman–Crippen LogP) is 5.95. The first kappa shape index (κ1) is 32.1. The number of amides is 2. The largest absolute Gasteiger partial charge is 0.357 e. The van der Waals surface area contributed by atoms with Gasteiger partial charge in [-0.05, 0) is 72.8 Å². The van der Waals surface area contributed by atoms with Gasteiger partial charge < -0.3 is 10.2 Å². The van der Waals surface area contributed by atoms with E-state index < -0.39 is 28.5 Å². The molecule has 1 N–H and O–H groups in total. The van der Waals surface area contributed by atoms with Crippen LogP contribution >= 0.6 is 23.4 Å². The number of anilines is 1. The van der Waals surface area contributed by atoms with Gasteiger partial charge in [0, 0.05) is 29.9 Å². The average Bonchev–Trinajstić information content (AvgIpc) is 3.03. The third-order valence-electron chi connectivity index (χ3n) is 7.03. The van der Waals surface area contributed by atoms with E-state index in [9.17, 15) is 18.0 Å². The summed E-state index contributed by atoms with van der Waals surface area (Å²) in [6.07, 6.45) is 2.15. The number of nitrogens with one attached hydrogen (secondary N) is 1. The molecule has 4 aromatic rings. The first-order valence-electron chi connectivity index (χ1n) is 13.6. The first-order valence-corrected chi connectivity index (χ1v) is 16.7. The van der Waals surface area contributed by atoms with E-state index in [1.165, 1.54) is 23.7 Å². The number of thioether (sulfide) groups is 1. The molecule has 1 atom stereocenters. The van der Waals surface area contributed by atoms with Gasteiger partial charge in [0.15, 0.2) is 0 Å². The highest BCUT2D eigenvalue weighted by Crippen LogP contribution is 2.27. The summed E-state index contributed by atoms with van der Waals surface area (Å²) in [5, 5.41) is 3.23. The highest BCUT2D eigenvalue weighted by molar-refractivity contribution is 7.98. The quantitative estimate of drug-likeness (QED) is 0.194. The zero-order valence-corrected chi connectivity index (χ0v) is 26.6. The second-order valence-corrected chi connectivity index (χ2v) is 13.2. The van der Waals surface area contributed by atoms with E-state index in [2.05, 4.69) is 5.32 Å². The van der Waals surface area contributed by atoms with Crippen molar-refractivity contribution in [2.45, 2.75) is 35.7 Å². The topological polar surface area (TPSA) is 86.8 Å². The Morgan fingerprint density at radius 2 is 1.49 bits per heavy atom. The number of likely N-dealkylation sites (N-methyl/N-ethyl adjacent to an activating group) is 1. The van der Waals surface area contributed by atoms with Gasteiger partial charge in [-0.25, -0.2) is 8.42 Å². The van der Waals surface area contributed by atoms with E-state index in [4.69, 9.17) is 11.6 Å². The fourth-order valence-electron chi connectivity index (χ4n) is 4.62. The number of nitrogens with zero attached hydrogens (tertiary/aromatic N) is 2. The van der Waals surface area contributed by atoms with Crippen LogP contribution in [0.3, 0.4) is 0 Å². The Labute approximate surface area is 262 Å². The molecule has 0 fully saturated rings. The molecule has 0 aliphatic rings. The van der Waals surface area contributed by atoms with Gasteiger partial charge in [-0.3, -0.25) is 13.9 Å². The molecule has 0 spiro atoms. The smallest absolute Gasteiger partial charge is 0.264 e. The Morgan fingerprint density at radius 1 is 0.860 bits per heavy atom. The third-order valence-corrected chi connectivity index (χ3v) is 9.82. The van der Waals surface area contributed by atoms with Gasteiger partial charge in [-0.15, -0.1) is 11.8 Å². The van der Waals surface area contributed by atoms with Crippen molar-refractivity contribution in [1.29, 1.82) is 0 Å². The molecule has 4 aromatic carbocycles. The number of carbonyl (C=O) groups excluding carboxylic acids is 2. The van der Waals surface area contributed by atoms with E-state index in [0.29, 0.717) is 10.7 Å². The van der Waals surface area contributed by atoms with Gasteiger partial charge in [0.2, 0.25) is 11.8 Å². The molecule has 43 heavy (non-hydrogen) atoms. The lowest BCUT2D eigenvalue weighted by Crippen LogP contribution is -2.53. The molecule has 2 amide bonds. The van der Waals surface area contributed by atoms with Crippen LogP contribution in [-0.2, 0) is 32.6 Å². The number of benzene rings is 4. The lowest BCUT2D eigenvalue weighted by Gasteiger charge is -2.33. The zero-order valence-electron chi connectivity index (χ0n) is 24.2.